The molecular weight excluding hydrogens is 496 g/mol. The SMILES string of the molecule is COc1ccccc1C(=O)c1cc(NCc2ccc(Cl)s2)n(C2=CC=CN(Cc3cccnn3)C2)n1. The van der Waals surface area contributed by atoms with Crippen molar-refractivity contribution >= 4 is 40.2 Å². The maximum absolute atomic E-state index is 13.4. The van der Waals surface area contributed by atoms with Gasteiger partial charge in [0.25, 0.3) is 0 Å². The van der Waals surface area contributed by atoms with Crippen LogP contribution in [0.5, 0.6) is 5.75 Å². The highest BCUT2D eigenvalue weighted by atomic mass is 35.5. The quantitative estimate of drug-likeness (QED) is 0.308. The Morgan fingerprint density at radius 2 is 2.08 bits per heavy atom. The van der Waals surface area contributed by atoms with Crippen LogP contribution in [-0.4, -0.2) is 44.3 Å². The van der Waals surface area contributed by atoms with Crippen molar-refractivity contribution < 1.29 is 9.53 Å². The van der Waals surface area contributed by atoms with Crippen molar-refractivity contribution in [2.24, 2.45) is 0 Å². The molecule has 0 radical (unpaired) electrons. The highest BCUT2D eigenvalue weighted by Gasteiger charge is 2.22. The second-order valence-electron chi connectivity index (χ2n) is 8.03. The van der Waals surface area contributed by atoms with Crippen molar-refractivity contribution in [3.63, 3.8) is 0 Å². The summed E-state index contributed by atoms with van der Waals surface area (Å²) in [5.41, 5.74) is 2.56. The first-order valence-electron chi connectivity index (χ1n) is 11.2. The molecule has 0 atom stereocenters. The fourth-order valence-electron chi connectivity index (χ4n) is 3.89. The number of aromatic nitrogens is 4. The molecule has 182 valence electrons. The lowest BCUT2D eigenvalue weighted by molar-refractivity contribution is 0.103. The molecule has 8 nitrogen and oxygen atoms in total. The van der Waals surface area contributed by atoms with E-state index in [-0.39, 0.29) is 5.78 Å². The number of nitrogens with zero attached hydrogens (tertiary/aromatic N) is 5. The zero-order valence-electron chi connectivity index (χ0n) is 19.5. The minimum Gasteiger partial charge on any atom is -0.496 e. The van der Waals surface area contributed by atoms with Crippen molar-refractivity contribution in [1.29, 1.82) is 0 Å². The summed E-state index contributed by atoms with van der Waals surface area (Å²) in [6.45, 7) is 1.74. The zero-order chi connectivity index (χ0) is 24.9. The van der Waals surface area contributed by atoms with Gasteiger partial charge in [-0.25, -0.2) is 4.68 Å². The molecule has 0 fully saturated rings. The van der Waals surface area contributed by atoms with Crippen LogP contribution in [0, 0.1) is 0 Å². The Hall–Kier alpha value is -3.95. The molecule has 1 aliphatic heterocycles. The molecule has 10 heteroatoms. The summed E-state index contributed by atoms with van der Waals surface area (Å²) in [7, 11) is 1.55. The number of methoxy groups -OCH3 is 1. The third-order valence-electron chi connectivity index (χ3n) is 5.58. The number of carbonyl (C=O) groups is 1. The number of ketones is 1. The average molecular weight is 519 g/mol. The van der Waals surface area contributed by atoms with Crippen LogP contribution in [0.15, 0.2) is 79.1 Å². The molecule has 1 aliphatic rings. The minimum absolute atomic E-state index is 0.211. The molecule has 0 spiro atoms. The van der Waals surface area contributed by atoms with E-state index in [0.717, 1.165) is 20.6 Å². The predicted molar refractivity (Wildman–Crippen MR) is 141 cm³/mol. The maximum atomic E-state index is 13.4. The van der Waals surface area contributed by atoms with Crippen molar-refractivity contribution in [2.45, 2.75) is 13.1 Å². The molecular formula is C26H23ClN6O2S. The van der Waals surface area contributed by atoms with E-state index in [1.54, 1.807) is 36.2 Å². The first-order chi connectivity index (χ1) is 17.6. The number of benzene rings is 1. The summed E-state index contributed by atoms with van der Waals surface area (Å²) in [5.74, 6) is 1.00. The summed E-state index contributed by atoms with van der Waals surface area (Å²) in [6, 6.07) is 16.6. The summed E-state index contributed by atoms with van der Waals surface area (Å²) >= 11 is 7.61. The van der Waals surface area contributed by atoms with Gasteiger partial charge < -0.3 is 15.0 Å². The number of halogens is 1. The molecule has 1 aromatic carbocycles. The molecule has 0 unspecified atom stereocenters. The van der Waals surface area contributed by atoms with Crippen molar-refractivity contribution in [2.75, 3.05) is 19.0 Å². The number of anilines is 1. The standard InChI is InChI=1S/C26H23ClN6O2S/c1-35-23-9-3-2-8-21(23)26(34)22-14-25(28-15-20-10-11-24(27)36-20)33(31-22)19-7-5-13-32(17-19)16-18-6-4-12-29-30-18/h2-14,28H,15-17H2,1H3. The third kappa shape index (κ3) is 5.32. The molecule has 3 aromatic heterocycles. The van der Waals surface area contributed by atoms with E-state index >= 15 is 0 Å². The Morgan fingerprint density at radius 3 is 2.86 bits per heavy atom. The fraction of sp³-hybridized carbons (Fsp3) is 0.154. The number of carbonyl (C=O) groups excluding carboxylic acids is 1. The molecule has 4 aromatic rings. The number of para-hydroxylation sites is 1. The molecule has 4 heterocycles. The lowest BCUT2D eigenvalue weighted by Crippen LogP contribution is -2.25. The maximum Gasteiger partial charge on any atom is 0.217 e. The van der Waals surface area contributed by atoms with Crippen LogP contribution >= 0.6 is 22.9 Å². The van der Waals surface area contributed by atoms with Crippen molar-refractivity contribution in [1.82, 2.24) is 24.9 Å². The Kier molecular flexibility index (Phi) is 7.11. The molecule has 0 amide bonds. The van der Waals surface area contributed by atoms with E-state index in [2.05, 4.69) is 20.4 Å². The Balaban J connectivity index is 1.44. The van der Waals surface area contributed by atoms with Gasteiger partial charge in [0.1, 0.15) is 17.3 Å². The first-order valence-corrected chi connectivity index (χ1v) is 12.4. The van der Waals surface area contributed by atoms with Gasteiger partial charge in [-0.1, -0.05) is 23.7 Å². The Morgan fingerprint density at radius 1 is 1.19 bits per heavy atom. The zero-order valence-corrected chi connectivity index (χ0v) is 21.0. The summed E-state index contributed by atoms with van der Waals surface area (Å²) in [4.78, 5) is 16.6. The van der Waals surface area contributed by atoms with E-state index < -0.39 is 0 Å². The number of hydrogen-bond acceptors (Lipinski definition) is 8. The van der Waals surface area contributed by atoms with Gasteiger partial charge in [-0.15, -0.1) is 11.3 Å². The van der Waals surface area contributed by atoms with Crippen LogP contribution in [0.1, 0.15) is 26.6 Å². The monoisotopic (exact) mass is 518 g/mol. The van der Waals surface area contributed by atoms with Gasteiger partial charge in [0.2, 0.25) is 5.78 Å². The highest BCUT2D eigenvalue weighted by molar-refractivity contribution is 7.16. The Labute approximate surface area is 217 Å². The number of rotatable bonds is 9. The summed E-state index contributed by atoms with van der Waals surface area (Å²) in [6.07, 6.45) is 7.61. The number of allylic oxidation sites excluding steroid dienone is 2. The van der Waals surface area contributed by atoms with Crippen LogP contribution in [0.2, 0.25) is 4.34 Å². The van der Waals surface area contributed by atoms with E-state index in [1.807, 2.05) is 54.8 Å². The molecule has 0 saturated heterocycles. The van der Waals surface area contributed by atoms with Crippen molar-refractivity contribution in [3.8, 4) is 5.75 Å². The topological polar surface area (TPSA) is 85.2 Å². The van der Waals surface area contributed by atoms with Crippen molar-refractivity contribution in [3.05, 3.63) is 105 Å². The summed E-state index contributed by atoms with van der Waals surface area (Å²) in [5, 5.41) is 16.3. The van der Waals surface area contributed by atoms with Gasteiger partial charge >= 0.3 is 0 Å². The highest BCUT2D eigenvalue weighted by Crippen LogP contribution is 2.27. The van der Waals surface area contributed by atoms with Crippen LogP contribution in [-0.2, 0) is 13.1 Å². The van der Waals surface area contributed by atoms with Gasteiger partial charge in [0.05, 0.1) is 48.0 Å². The van der Waals surface area contributed by atoms with Crippen LogP contribution < -0.4 is 10.1 Å². The fourth-order valence-corrected chi connectivity index (χ4v) is 4.92. The van der Waals surface area contributed by atoms with Crippen LogP contribution in [0.25, 0.3) is 5.70 Å². The average Bonchev–Trinajstić information content (AvgIpc) is 3.54. The molecule has 5 rings (SSSR count). The lowest BCUT2D eigenvalue weighted by atomic mass is 10.1. The normalized spacial score (nSPS) is 12.9. The van der Waals surface area contributed by atoms with Crippen LogP contribution in [0.4, 0.5) is 5.82 Å². The third-order valence-corrected chi connectivity index (χ3v) is 6.81. The molecule has 36 heavy (non-hydrogen) atoms. The number of ether oxygens (including phenoxy) is 1. The van der Waals surface area contributed by atoms with Crippen LogP contribution in [0.3, 0.4) is 0 Å². The van der Waals surface area contributed by atoms with E-state index in [4.69, 9.17) is 21.4 Å². The molecule has 1 N–H and O–H groups in total. The Bertz CT molecular complexity index is 1430. The smallest absolute Gasteiger partial charge is 0.217 e. The largest absolute Gasteiger partial charge is 0.496 e. The second kappa shape index (κ2) is 10.8. The molecule has 0 aliphatic carbocycles. The van der Waals surface area contributed by atoms with Gasteiger partial charge in [-0.2, -0.15) is 15.3 Å². The van der Waals surface area contributed by atoms with E-state index in [1.165, 1.54) is 11.3 Å². The van der Waals surface area contributed by atoms with E-state index in [0.29, 0.717) is 42.5 Å². The lowest BCUT2D eigenvalue weighted by Gasteiger charge is -2.25. The summed E-state index contributed by atoms with van der Waals surface area (Å²) < 4.78 is 7.91. The van der Waals surface area contributed by atoms with Gasteiger partial charge in [0.15, 0.2) is 0 Å². The minimum atomic E-state index is -0.211. The molecule has 0 saturated carbocycles. The molecule has 0 bridgehead atoms. The second-order valence-corrected chi connectivity index (χ2v) is 9.83. The number of hydrogen-bond donors (Lipinski definition) is 1. The van der Waals surface area contributed by atoms with Gasteiger partial charge in [0, 0.05) is 17.1 Å². The van der Waals surface area contributed by atoms with E-state index in [9.17, 15) is 4.79 Å². The number of nitrogens with one attached hydrogen (secondary N) is 1. The first kappa shape index (κ1) is 23.8. The van der Waals surface area contributed by atoms with Gasteiger partial charge in [-0.3, -0.25) is 4.79 Å². The van der Waals surface area contributed by atoms with Gasteiger partial charge in [-0.05, 0) is 54.8 Å². The predicted octanol–water partition coefficient (Wildman–Crippen LogP) is 5.11. The number of thiophene rings is 1.